The van der Waals surface area contributed by atoms with Gasteiger partial charge >= 0.3 is 0 Å². The molecule has 9 rings (SSSR count). The highest BCUT2D eigenvalue weighted by Gasteiger charge is 2.18. The molecule has 0 aliphatic heterocycles. The van der Waals surface area contributed by atoms with Crippen LogP contribution in [0.1, 0.15) is 0 Å². The summed E-state index contributed by atoms with van der Waals surface area (Å²) in [6.45, 7) is 0. The Morgan fingerprint density at radius 2 is 0.757 bits per heavy atom. The zero-order valence-corrected chi connectivity index (χ0v) is 20.8. The van der Waals surface area contributed by atoms with Crippen LogP contribution in [0.5, 0.6) is 0 Å². The van der Waals surface area contributed by atoms with Gasteiger partial charge in [-0.05, 0) is 95.3 Å². The summed E-state index contributed by atoms with van der Waals surface area (Å²) in [4.78, 5) is 0. The fourth-order valence-corrected chi connectivity index (χ4v) is 7.67. The van der Waals surface area contributed by atoms with Gasteiger partial charge in [0.2, 0.25) is 0 Å². The molecule has 0 bridgehead atoms. The molecule has 0 radical (unpaired) electrons. The van der Waals surface area contributed by atoms with Crippen molar-refractivity contribution in [3.8, 4) is 11.1 Å². The number of thiophene rings is 1. The Kier molecular flexibility index (Phi) is 3.76. The van der Waals surface area contributed by atoms with Crippen LogP contribution >= 0.6 is 11.3 Å². The number of benzene rings is 8. The van der Waals surface area contributed by atoms with Crippen molar-refractivity contribution in [2.45, 2.75) is 0 Å². The maximum absolute atomic E-state index is 2.43. The van der Waals surface area contributed by atoms with Crippen molar-refractivity contribution < 1.29 is 0 Å². The summed E-state index contributed by atoms with van der Waals surface area (Å²) < 4.78 is 2.70. The highest BCUT2D eigenvalue weighted by atomic mass is 32.1. The van der Waals surface area contributed by atoms with Crippen molar-refractivity contribution in [3.05, 3.63) is 121 Å². The number of hydrogen-bond acceptors (Lipinski definition) is 1. The summed E-state index contributed by atoms with van der Waals surface area (Å²) in [7, 11) is 0. The first kappa shape index (κ1) is 19.7. The Morgan fingerprint density at radius 3 is 1.41 bits per heavy atom. The normalized spacial score (nSPS) is 12.3. The van der Waals surface area contributed by atoms with Crippen molar-refractivity contribution in [3.63, 3.8) is 0 Å². The Bertz CT molecular complexity index is 2250. The fraction of sp³-hybridized carbons (Fsp3) is 0. The molecule has 0 aliphatic carbocycles. The lowest BCUT2D eigenvalue weighted by atomic mass is 9.84. The molecule has 9 aromatic rings. The van der Waals surface area contributed by atoms with Gasteiger partial charge in [-0.3, -0.25) is 0 Å². The molecule has 0 atom stereocenters. The third-order valence-electron chi connectivity index (χ3n) is 8.18. The van der Waals surface area contributed by atoms with Crippen LogP contribution in [0.3, 0.4) is 0 Å². The molecule has 1 aromatic heterocycles. The molecule has 8 aromatic carbocycles. The van der Waals surface area contributed by atoms with Gasteiger partial charge < -0.3 is 0 Å². The van der Waals surface area contributed by atoms with Gasteiger partial charge in [0.25, 0.3) is 0 Å². The van der Waals surface area contributed by atoms with E-state index in [0.717, 1.165) is 0 Å². The predicted octanol–water partition coefficient (Wildman–Crippen LogP) is 10.9. The number of fused-ring (bicyclic) bond motifs is 9. The van der Waals surface area contributed by atoms with Gasteiger partial charge in [-0.15, -0.1) is 11.3 Å². The lowest BCUT2D eigenvalue weighted by Gasteiger charge is -2.18. The first-order valence-corrected chi connectivity index (χ1v) is 13.6. The molecule has 0 saturated heterocycles. The van der Waals surface area contributed by atoms with E-state index >= 15 is 0 Å². The number of rotatable bonds is 1. The van der Waals surface area contributed by atoms with E-state index in [2.05, 4.69) is 121 Å². The molecule has 0 fully saturated rings. The summed E-state index contributed by atoms with van der Waals surface area (Å²) in [5.74, 6) is 0. The van der Waals surface area contributed by atoms with E-state index in [1.54, 1.807) is 0 Å². The molecule has 0 amide bonds. The first-order chi connectivity index (χ1) is 18.3. The molecular formula is C36H20S. The summed E-state index contributed by atoms with van der Waals surface area (Å²) in [5.41, 5.74) is 2.55. The minimum absolute atomic E-state index is 1.27. The monoisotopic (exact) mass is 484 g/mol. The van der Waals surface area contributed by atoms with E-state index in [9.17, 15) is 0 Å². The lowest BCUT2D eigenvalue weighted by molar-refractivity contribution is 1.73. The van der Waals surface area contributed by atoms with E-state index in [4.69, 9.17) is 0 Å². The van der Waals surface area contributed by atoms with Gasteiger partial charge in [-0.25, -0.2) is 0 Å². The smallest absolute Gasteiger partial charge is 0.0355 e. The van der Waals surface area contributed by atoms with Crippen molar-refractivity contribution in [1.29, 1.82) is 0 Å². The predicted molar refractivity (Wildman–Crippen MR) is 163 cm³/mol. The van der Waals surface area contributed by atoms with Crippen LogP contribution in [-0.2, 0) is 0 Å². The zero-order valence-electron chi connectivity index (χ0n) is 20.0. The van der Waals surface area contributed by atoms with E-state index in [-0.39, 0.29) is 0 Å². The van der Waals surface area contributed by atoms with Gasteiger partial charge in [0, 0.05) is 20.2 Å². The van der Waals surface area contributed by atoms with Crippen LogP contribution in [0.25, 0.3) is 85.2 Å². The van der Waals surface area contributed by atoms with Gasteiger partial charge in [0.1, 0.15) is 0 Å². The van der Waals surface area contributed by atoms with Gasteiger partial charge in [0.05, 0.1) is 0 Å². The molecule has 0 saturated carbocycles. The number of hydrogen-bond donors (Lipinski definition) is 0. The maximum Gasteiger partial charge on any atom is 0.0355 e. The van der Waals surface area contributed by atoms with E-state index < -0.39 is 0 Å². The highest BCUT2D eigenvalue weighted by Crippen LogP contribution is 2.46. The first-order valence-electron chi connectivity index (χ1n) is 12.8. The SMILES string of the molecule is c1ccc2c(c1)sc1ccc(-c3cc4c5ccccc5c5cccc6c7ccccc7c(c3)c4c56)cc12. The summed E-state index contributed by atoms with van der Waals surface area (Å²) >= 11 is 1.88. The second kappa shape index (κ2) is 7.06. The topological polar surface area (TPSA) is 0 Å². The zero-order chi connectivity index (χ0) is 24.1. The van der Waals surface area contributed by atoms with Crippen LogP contribution in [-0.4, -0.2) is 0 Å². The Labute approximate surface area is 217 Å². The largest absolute Gasteiger partial charge is 0.135 e. The molecule has 0 spiro atoms. The van der Waals surface area contributed by atoms with Crippen LogP contribution < -0.4 is 0 Å². The lowest BCUT2D eigenvalue weighted by Crippen LogP contribution is -1.90. The van der Waals surface area contributed by atoms with E-state index in [1.807, 2.05) is 11.3 Å². The molecule has 1 heteroatoms. The van der Waals surface area contributed by atoms with Crippen molar-refractivity contribution in [1.82, 2.24) is 0 Å². The third kappa shape index (κ3) is 2.57. The Morgan fingerprint density at radius 1 is 0.297 bits per heavy atom. The fourth-order valence-electron chi connectivity index (χ4n) is 6.58. The Balaban J connectivity index is 1.50. The second-order valence-corrected chi connectivity index (χ2v) is 11.2. The molecule has 0 nitrogen and oxygen atoms in total. The van der Waals surface area contributed by atoms with Gasteiger partial charge in [-0.1, -0.05) is 91.0 Å². The molecule has 37 heavy (non-hydrogen) atoms. The van der Waals surface area contributed by atoms with E-state index in [0.29, 0.717) is 0 Å². The molecular weight excluding hydrogens is 464 g/mol. The molecule has 170 valence electrons. The highest BCUT2D eigenvalue weighted by molar-refractivity contribution is 7.25. The van der Waals surface area contributed by atoms with Crippen molar-refractivity contribution in [2.24, 2.45) is 0 Å². The summed E-state index contributed by atoms with van der Waals surface area (Å²) in [6, 6.07) is 45.2. The molecule has 1 heterocycles. The van der Waals surface area contributed by atoms with Gasteiger partial charge in [-0.2, -0.15) is 0 Å². The van der Waals surface area contributed by atoms with Crippen LogP contribution in [0.2, 0.25) is 0 Å². The second-order valence-electron chi connectivity index (χ2n) is 10.1. The average Bonchev–Trinajstić information content (AvgIpc) is 3.34. The summed E-state index contributed by atoms with van der Waals surface area (Å²) in [6.07, 6.45) is 0. The van der Waals surface area contributed by atoms with Crippen LogP contribution in [0.15, 0.2) is 121 Å². The van der Waals surface area contributed by atoms with Crippen LogP contribution in [0, 0.1) is 0 Å². The van der Waals surface area contributed by atoms with E-state index in [1.165, 1.54) is 85.2 Å². The Hall–Kier alpha value is -4.46. The standard InChI is InChI=1S/C36H20S/c1-3-10-25-23(8-1)28-13-7-14-29-24-9-2-4-11-26(24)32-20-22(19-31(25)36(32)35(28)29)21-16-17-34-30(18-21)27-12-5-6-15-33(27)37-34/h1-20H. The minimum atomic E-state index is 1.27. The minimum Gasteiger partial charge on any atom is -0.135 e. The molecule has 0 unspecified atom stereocenters. The third-order valence-corrected chi connectivity index (χ3v) is 9.33. The van der Waals surface area contributed by atoms with Crippen molar-refractivity contribution in [2.75, 3.05) is 0 Å². The average molecular weight is 485 g/mol. The van der Waals surface area contributed by atoms with Crippen LogP contribution in [0.4, 0.5) is 0 Å². The quantitative estimate of drug-likeness (QED) is 0.160. The van der Waals surface area contributed by atoms with Crippen molar-refractivity contribution >= 4 is 85.4 Å². The van der Waals surface area contributed by atoms with Gasteiger partial charge in [0.15, 0.2) is 0 Å². The summed E-state index contributed by atoms with van der Waals surface area (Å²) in [5, 5.41) is 16.1. The molecule has 0 aliphatic rings. The molecule has 0 N–H and O–H groups in total. The maximum atomic E-state index is 2.43.